The van der Waals surface area contributed by atoms with Gasteiger partial charge in [0.2, 0.25) is 0 Å². The number of rotatable bonds is 2. The average molecular weight is 285 g/mol. The summed E-state index contributed by atoms with van der Waals surface area (Å²) in [5.41, 5.74) is 5.61. The number of carboxylic acids is 1. The Morgan fingerprint density at radius 1 is 1.58 bits per heavy atom. The lowest BCUT2D eigenvalue weighted by molar-refractivity contribution is 0.0698. The fourth-order valence-electron chi connectivity index (χ4n) is 2.14. The van der Waals surface area contributed by atoms with Gasteiger partial charge in [0.25, 0.3) is 0 Å². The van der Waals surface area contributed by atoms with Crippen molar-refractivity contribution in [2.45, 2.75) is 13.0 Å². The molecular formula is C11H15N3O4S. The van der Waals surface area contributed by atoms with Gasteiger partial charge in [0, 0.05) is 12.6 Å². The lowest BCUT2D eigenvalue weighted by Crippen LogP contribution is -2.47. The van der Waals surface area contributed by atoms with Crippen molar-refractivity contribution in [3.05, 3.63) is 17.8 Å². The Hall–Kier alpha value is -1.83. The average Bonchev–Trinajstić information content (AvgIpc) is 2.29. The van der Waals surface area contributed by atoms with Gasteiger partial charge in [0.1, 0.15) is 5.82 Å². The summed E-state index contributed by atoms with van der Waals surface area (Å²) in [4.78, 5) is 16.9. The summed E-state index contributed by atoms with van der Waals surface area (Å²) < 4.78 is 23.0. The van der Waals surface area contributed by atoms with Gasteiger partial charge >= 0.3 is 5.97 Å². The van der Waals surface area contributed by atoms with Crippen LogP contribution in [0.15, 0.2) is 12.3 Å². The standard InChI is InChI=1S/C11H15N3O4S/c1-7-6-19(17,18)3-2-14(7)10-4-8(11(15)16)9(12)5-13-10/h4-5,7H,2-3,6,12H2,1H3,(H,15,16). The van der Waals surface area contributed by atoms with Crippen LogP contribution in [0.25, 0.3) is 0 Å². The van der Waals surface area contributed by atoms with Crippen molar-refractivity contribution in [3.63, 3.8) is 0 Å². The van der Waals surface area contributed by atoms with Gasteiger partial charge in [0.15, 0.2) is 9.84 Å². The number of nitrogens with two attached hydrogens (primary N) is 1. The quantitative estimate of drug-likeness (QED) is 0.785. The van der Waals surface area contributed by atoms with Crippen molar-refractivity contribution >= 4 is 27.3 Å². The number of pyridine rings is 1. The molecule has 1 atom stereocenters. The van der Waals surface area contributed by atoms with Gasteiger partial charge in [-0.15, -0.1) is 0 Å². The zero-order valence-electron chi connectivity index (χ0n) is 10.4. The van der Waals surface area contributed by atoms with Gasteiger partial charge in [-0.25, -0.2) is 18.2 Å². The highest BCUT2D eigenvalue weighted by Crippen LogP contribution is 2.23. The minimum atomic E-state index is -3.02. The molecule has 0 saturated carbocycles. The Bertz CT molecular complexity index is 614. The van der Waals surface area contributed by atoms with E-state index in [0.29, 0.717) is 12.4 Å². The first kappa shape index (κ1) is 13.6. The van der Waals surface area contributed by atoms with Gasteiger partial charge < -0.3 is 15.7 Å². The fraction of sp³-hybridized carbons (Fsp3) is 0.455. The molecule has 1 aromatic heterocycles. The van der Waals surface area contributed by atoms with Crippen LogP contribution in [0, 0.1) is 0 Å². The van der Waals surface area contributed by atoms with Crippen LogP contribution in [-0.2, 0) is 9.84 Å². The van der Waals surface area contributed by atoms with E-state index in [1.807, 2.05) is 0 Å². The summed E-state index contributed by atoms with van der Waals surface area (Å²) in [5, 5.41) is 9.02. The minimum absolute atomic E-state index is 0.0226. The SMILES string of the molecule is CC1CS(=O)(=O)CCN1c1cc(C(=O)O)c(N)cn1. The van der Waals surface area contributed by atoms with Gasteiger partial charge in [-0.05, 0) is 13.0 Å². The number of nitrogens with zero attached hydrogens (tertiary/aromatic N) is 2. The number of sulfone groups is 1. The highest BCUT2D eigenvalue weighted by molar-refractivity contribution is 7.91. The molecule has 8 heteroatoms. The van der Waals surface area contributed by atoms with Crippen LogP contribution in [0.5, 0.6) is 0 Å². The van der Waals surface area contributed by atoms with Crippen LogP contribution in [0.2, 0.25) is 0 Å². The van der Waals surface area contributed by atoms with E-state index < -0.39 is 15.8 Å². The third kappa shape index (κ3) is 2.78. The Kier molecular flexibility index (Phi) is 3.36. The van der Waals surface area contributed by atoms with Crippen molar-refractivity contribution < 1.29 is 18.3 Å². The zero-order valence-corrected chi connectivity index (χ0v) is 11.2. The second-order valence-electron chi connectivity index (χ2n) is 4.59. The van der Waals surface area contributed by atoms with Crippen LogP contribution >= 0.6 is 0 Å². The number of anilines is 2. The smallest absolute Gasteiger partial charge is 0.337 e. The number of aromatic nitrogens is 1. The topological polar surface area (TPSA) is 114 Å². The molecule has 0 amide bonds. The molecule has 1 saturated heterocycles. The maximum absolute atomic E-state index is 11.5. The molecule has 0 radical (unpaired) electrons. The molecule has 1 unspecified atom stereocenters. The van der Waals surface area contributed by atoms with Crippen LogP contribution in [-0.4, -0.2) is 48.6 Å². The first-order valence-corrected chi connectivity index (χ1v) is 7.58. The highest BCUT2D eigenvalue weighted by atomic mass is 32.2. The van der Waals surface area contributed by atoms with E-state index >= 15 is 0 Å². The summed E-state index contributed by atoms with van der Waals surface area (Å²) in [6.45, 7) is 2.08. The number of carboxylic acid groups (broad SMARTS) is 1. The second kappa shape index (κ2) is 4.69. The molecule has 2 heterocycles. The number of aromatic carboxylic acids is 1. The monoisotopic (exact) mass is 285 g/mol. The molecule has 1 aliphatic rings. The van der Waals surface area contributed by atoms with Crippen molar-refractivity contribution in [2.75, 3.05) is 28.7 Å². The molecule has 1 fully saturated rings. The molecule has 0 bridgehead atoms. The maximum atomic E-state index is 11.5. The Morgan fingerprint density at radius 2 is 2.26 bits per heavy atom. The minimum Gasteiger partial charge on any atom is -0.478 e. The molecule has 0 aliphatic carbocycles. The summed E-state index contributed by atoms with van der Waals surface area (Å²) in [7, 11) is -3.02. The van der Waals surface area contributed by atoms with Gasteiger partial charge in [-0.1, -0.05) is 0 Å². The van der Waals surface area contributed by atoms with E-state index in [4.69, 9.17) is 10.8 Å². The number of hydrogen-bond acceptors (Lipinski definition) is 6. The summed E-state index contributed by atoms with van der Waals surface area (Å²) in [6.07, 6.45) is 1.29. The van der Waals surface area contributed by atoms with Crippen LogP contribution < -0.4 is 10.6 Å². The lowest BCUT2D eigenvalue weighted by atomic mass is 10.2. The van der Waals surface area contributed by atoms with Crippen molar-refractivity contribution in [3.8, 4) is 0 Å². The zero-order chi connectivity index (χ0) is 14.2. The predicted octanol–water partition coefficient (Wildman–Crippen LogP) is -0.0147. The van der Waals surface area contributed by atoms with Gasteiger partial charge in [-0.3, -0.25) is 0 Å². The molecule has 1 aliphatic heterocycles. The Balaban J connectivity index is 2.33. The van der Waals surface area contributed by atoms with E-state index in [1.165, 1.54) is 12.3 Å². The van der Waals surface area contributed by atoms with E-state index in [0.717, 1.165) is 0 Å². The summed E-state index contributed by atoms with van der Waals surface area (Å²) in [6, 6.07) is 1.14. The molecule has 0 spiro atoms. The van der Waals surface area contributed by atoms with E-state index in [-0.39, 0.29) is 28.8 Å². The number of hydrogen-bond donors (Lipinski definition) is 2. The van der Waals surface area contributed by atoms with Crippen molar-refractivity contribution in [2.24, 2.45) is 0 Å². The van der Waals surface area contributed by atoms with Crippen LogP contribution in [0.3, 0.4) is 0 Å². The maximum Gasteiger partial charge on any atom is 0.337 e. The Labute approximate surface area is 111 Å². The molecular weight excluding hydrogens is 270 g/mol. The van der Waals surface area contributed by atoms with Crippen LogP contribution in [0.1, 0.15) is 17.3 Å². The molecule has 3 N–H and O–H groups in total. The first-order chi connectivity index (χ1) is 8.80. The Morgan fingerprint density at radius 3 is 2.84 bits per heavy atom. The predicted molar refractivity (Wildman–Crippen MR) is 71.1 cm³/mol. The normalized spacial score (nSPS) is 22.2. The van der Waals surface area contributed by atoms with E-state index in [9.17, 15) is 13.2 Å². The first-order valence-electron chi connectivity index (χ1n) is 5.76. The molecule has 19 heavy (non-hydrogen) atoms. The van der Waals surface area contributed by atoms with Crippen molar-refractivity contribution in [1.29, 1.82) is 0 Å². The largest absolute Gasteiger partial charge is 0.478 e. The number of carbonyl (C=O) groups is 1. The molecule has 1 aromatic rings. The summed E-state index contributed by atoms with van der Waals surface area (Å²) >= 11 is 0. The van der Waals surface area contributed by atoms with Gasteiger partial charge in [-0.2, -0.15) is 0 Å². The van der Waals surface area contributed by atoms with Crippen molar-refractivity contribution in [1.82, 2.24) is 4.98 Å². The number of nitrogen functional groups attached to an aromatic ring is 1. The fourth-order valence-corrected chi connectivity index (χ4v) is 3.69. The van der Waals surface area contributed by atoms with Gasteiger partial charge in [0.05, 0.1) is 29.0 Å². The van der Waals surface area contributed by atoms with Crippen LogP contribution in [0.4, 0.5) is 11.5 Å². The second-order valence-corrected chi connectivity index (χ2v) is 6.82. The third-order valence-electron chi connectivity index (χ3n) is 3.12. The highest BCUT2D eigenvalue weighted by Gasteiger charge is 2.29. The molecule has 0 aromatic carbocycles. The van der Waals surface area contributed by atoms with E-state index in [1.54, 1.807) is 11.8 Å². The lowest BCUT2D eigenvalue weighted by Gasteiger charge is -2.34. The molecule has 104 valence electrons. The molecule has 7 nitrogen and oxygen atoms in total. The third-order valence-corrected chi connectivity index (χ3v) is 4.91. The molecule has 2 rings (SSSR count). The summed E-state index contributed by atoms with van der Waals surface area (Å²) in [5.74, 6) is -0.597. The van der Waals surface area contributed by atoms with E-state index in [2.05, 4.69) is 4.98 Å².